The van der Waals surface area contributed by atoms with Crippen LogP contribution in [0.25, 0.3) is 0 Å². The molecule has 2 rings (SSSR count). The van der Waals surface area contributed by atoms with Gasteiger partial charge in [0, 0.05) is 33.2 Å². The summed E-state index contributed by atoms with van der Waals surface area (Å²) in [6, 6.07) is 10.6. The van der Waals surface area contributed by atoms with E-state index in [0.29, 0.717) is 19.0 Å². The van der Waals surface area contributed by atoms with Crippen LogP contribution in [0, 0.1) is 5.92 Å². The fourth-order valence-corrected chi connectivity index (χ4v) is 3.12. The van der Waals surface area contributed by atoms with Gasteiger partial charge < -0.3 is 20.3 Å². The van der Waals surface area contributed by atoms with Crippen LogP contribution in [0.2, 0.25) is 0 Å². The highest BCUT2D eigenvalue weighted by atomic mass is 127. The second kappa shape index (κ2) is 11.4. The minimum Gasteiger partial charge on any atom is -0.444 e. The number of rotatable bonds is 5. The van der Waals surface area contributed by atoms with Crippen molar-refractivity contribution in [3.63, 3.8) is 0 Å². The van der Waals surface area contributed by atoms with Crippen molar-refractivity contribution in [2.45, 2.75) is 39.2 Å². The molecule has 0 bridgehead atoms. The van der Waals surface area contributed by atoms with Gasteiger partial charge in [0.1, 0.15) is 5.60 Å². The Hall–Kier alpha value is -1.51. The van der Waals surface area contributed by atoms with Crippen molar-refractivity contribution in [1.29, 1.82) is 0 Å². The SMILES string of the molecule is CN=C(NCCNC(=O)OC(C)(C)C)N1CCC(Cc2ccccc2)C1.I. The highest BCUT2D eigenvalue weighted by Crippen LogP contribution is 2.20. The van der Waals surface area contributed by atoms with Gasteiger partial charge in [0.25, 0.3) is 0 Å². The molecule has 0 aromatic heterocycles. The molecule has 0 spiro atoms. The third-order valence-corrected chi connectivity index (χ3v) is 4.24. The van der Waals surface area contributed by atoms with Gasteiger partial charge in [-0.05, 0) is 45.1 Å². The minimum absolute atomic E-state index is 0. The summed E-state index contributed by atoms with van der Waals surface area (Å²) in [6.45, 7) is 8.69. The van der Waals surface area contributed by atoms with Crippen LogP contribution in [-0.4, -0.2) is 55.8 Å². The van der Waals surface area contributed by atoms with E-state index in [2.05, 4.69) is 50.9 Å². The molecule has 2 N–H and O–H groups in total. The maximum Gasteiger partial charge on any atom is 0.407 e. The van der Waals surface area contributed by atoms with Crippen molar-refractivity contribution in [2.24, 2.45) is 10.9 Å². The van der Waals surface area contributed by atoms with Crippen LogP contribution in [-0.2, 0) is 11.2 Å². The number of guanidine groups is 1. The quantitative estimate of drug-likeness (QED) is 0.289. The van der Waals surface area contributed by atoms with E-state index in [1.165, 1.54) is 12.0 Å². The monoisotopic (exact) mass is 488 g/mol. The summed E-state index contributed by atoms with van der Waals surface area (Å²) in [4.78, 5) is 18.3. The molecule has 1 atom stereocenters. The van der Waals surface area contributed by atoms with Crippen molar-refractivity contribution in [1.82, 2.24) is 15.5 Å². The number of alkyl carbamates (subject to hydrolysis) is 1. The number of nitrogens with zero attached hydrogens (tertiary/aromatic N) is 2. The highest BCUT2D eigenvalue weighted by molar-refractivity contribution is 14.0. The number of aliphatic imine (C=N–C) groups is 1. The summed E-state index contributed by atoms with van der Waals surface area (Å²) in [5, 5.41) is 6.07. The van der Waals surface area contributed by atoms with Crippen molar-refractivity contribution < 1.29 is 9.53 Å². The van der Waals surface area contributed by atoms with Gasteiger partial charge in [-0.2, -0.15) is 0 Å². The van der Waals surface area contributed by atoms with Crippen molar-refractivity contribution in [3.05, 3.63) is 35.9 Å². The molecule has 1 aliphatic heterocycles. The van der Waals surface area contributed by atoms with E-state index < -0.39 is 11.7 Å². The van der Waals surface area contributed by atoms with Crippen LogP contribution < -0.4 is 10.6 Å². The normalized spacial score (nSPS) is 17.3. The van der Waals surface area contributed by atoms with Crippen molar-refractivity contribution in [3.8, 4) is 0 Å². The first-order chi connectivity index (χ1) is 12.4. The van der Waals surface area contributed by atoms with E-state index in [1.807, 2.05) is 20.8 Å². The fourth-order valence-electron chi connectivity index (χ4n) is 3.12. The Kier molecular flexibility index (Phi) is 9.90. The topological polar surface area (TPSA) is 66.0 Å². The molecule has 0 radical (unpaired) electrons. The lowest BCUT2D eigenvalue weighted by atomic mass is 9.99. The van der Waals surface area contributed by atoms with Gasteiger partial charge in [-0.25, -0.2) is 4.79 Å². The first kappa shape index (κ1) is 23.5. The molecule has 1 unspecified atom stereocenters. The zero-order valence-electron chi connectivity index (χ0n) is 16.8. The van der Waals surface area contributed by atoms with Crippen LogP contribution in [0.15, 0.2) is 35.3 Å². The number of likely N-dealkylation sites (tertiary alicyclic amines) is 1. The number of hydrogen-bond acceptors (Lipinski definition) is 3. The first-order valence-electron chi connectivity index (χ1n) is 9.34. The lowest BCUT2D eigenvalue weighted by Gasteiger charge is -2.22. The largest absolute Gasteiger partial charge is 0.444 e. The summed E-state index contributed by atoms with van der Waals surface area (Å²) in [5.74, 6) is 1.54. The van der Waals surface area contributed by atoms with Gasteiger partial charge in [-0.3, -0.25) is 4.99 Å². The Labute approximate surface area is 180 Å². The molecule has 1 heterocycles. The van der Waals surface area contributed by atoms with Gasteiger partial charge in [0.05, 0.1) is 0 Å². The zero-order chi connectivity index (χ0) is 19.0. The fraction of sp³-hybridized carbons (Fsp3) is 0.600. The molecular weight excluding hydrogens is 455 g/mol. The van der Waals surface area contributed by atoms with Crippen LogP contribution in [0.3, 0.4) is 0 Å². The number of amides is 1. The molecule has 0 aliphatic carbocycles. The number of benzene rings is 1. The maximum atomic E-state index is 11.6. The lowest BCUT2D eigenvalue weighted by molar-refractivity contribution is 0.0529. The van der Waals surface area contributed by atoms with Gasteiger partial charge >= 0.3 is 6.09 Å². The molecular formula is C20H33IN4O2. The van der Waals surface area contributed by atoms with E-state index in [-0.39, 0.29) is 24.0 Å². The van der Waals surface area contributed by atoms with Gasteiger partial charge in [-0.1, -0.05) is 30.3 Å². The summed E-state index contributed by atoms with van der Waals surface area (Å²) in [7, 11) is 1.80. The van der Waals surface area contributed by atoms with E-state index >= 15 is 0 Å². The summed E-state index contributed by atoms with van der Waals surface area (Å²) < 4.78 is 5.22. The zero-order valence-corrected chi connectivity index (χ0v) is 19.2. The number of carbonyl (C=O) groups is 1. The van der Waals surface area contributed by atoms with E-state index in [4.69, 9.17) is 4.74 Å². The average molecular weight is 488 g/mol. The van der Waals surface area contributed by atoms with Gasteiger partial charge in [-0.15, -0.1) is 24.0 Å². The molecule has 7 heteroatoms. The second-order valence-corrected chi connectivity index (χ2v) is 7.69. The Balaban J connectivity index is 0.00000364. The molecule has 0 saturated carbocycles. The molecule has 1 amide bonds. The second-order valence-electron chi connectivity index (χ2n) is 7.69. The standard InChI is InChI=1S/C20H32N4O2.HI/c1-20(2,3)26-19(25)23-12-11-22-18(21-4)24-13-10-17(15-24)14-16-8-6-5-7-9-16;/h5-9,17H,10-15H2,1-4H3,(H,21,22)(H,23,25);1H. The van der Waals surface area contributed by atoms with Crippen molar-refractivity contribution >= 4 is 36.0 Å². The Morgan fingerprint density at radius 2 is 1.89 bits per heavy atom. The minimum atomic E-state index is -0.475. The summed E-state index contributed by atoms with van der Waals surface area (Å²) in [5.41, 5.74) is 0.917. The predicted octanol–water partition coefficient (Wildman–Crippen LogP) is 3.27. The first-order valence-corrected chi connectivity index (χ1v) is 9.34. The third-order valence-electron chi connectivity index (χ3n) is 4.24. The Bertz CT molecular complexity index is 602. The van der Waals surface area contributed by atoms with Crippen LogP contribution in [0.1, 0.15) is 32.8 Å². The third kappa shape index (κ3) is 8.81. The number of nitrogens with one attached hydrogen (secondary N) is 2. The highest BCUT2D eigenvalue weighted by Gasteiger charge is 2.24. The molecule has 27 heavy (non-hydrogen) atoms. The van der Waals surface area contributed by atoms with Crippen LogP contribution in [0.4, 0.5) is 4.79 Å². The number of halogens is 1. The number of hydrogen-bond donors (Lipinski definition) is 2. The molecule has 1 aliphatic rings. The van der Waals surface area contributed by atoms with Gasteiger partial charge in [0.15, 0.2) is 5.96 Å². The lowest BCUT2D eigenvalue weighted by Crippen LogP contribution is -2.44. The van der Waals surface area contributed by atoms with Crippen molar-refractivity contribution in [2.75, 3.05) is 33.2 Å². The molecule has 1 saturated heterocycles. The van der Waals surface area contributed by atoms with E-state index in [0.717, 1.165) is 25.5 Å². The predicted molar refractivity (Wildman–Crippen MR) is 121 cm³/mol. The average Bonchev–Trinajstić information content (AvgIpc) is 3.02. The Morgan fingerprint density at radius 1 is 1.22 bits per heavy atom. The molecule has 1 fully saturated rings. The molecule has 1 aromatic rings. The smallest absolute Gasteiger partial charge is 0.407 e. The van der Waals surface area contributed by atoms with E-state index in [9.17, 15) is 4.79 Å². The Morgan fingerprint density at radius 3 is 2.52 bits per heavy atom. The molecule has 1 aromatic carbocycles. The summed E-state index contributed by atoms with van der Waals surface area (Å²) >= 11 is 0. The molecule has 152 valence electrons. The van der Waals surface area contributed by atoms with E-state index in [1.54, 1.807) is 7.05 Å². The number of ether oxygens (including phenoxy) is 1. The maximum absolute atomic E-state index is 11.6. The number of carbonyl (C=O) groups excluding carboxylic acids is 1. The van der Waals surface area contributed by atoms with Crippen LogP contribution in [0.5, 0.6) is 0 Å². The van der Waals surface area contributed by atoms with Crippen LogP contribution >= 0.6 is 24.0 Å². The summed E-state index contributed by atoms with van der Waals surface area (Å²) in [6.07, 6.45) is 1.89. The molecule has 6 nitrogen and oxygen atoms in total. The van der Waals surface area contributed by atoms with Gasteiger partial charge in [0.2, 0.25) is 0 Å².